The molecule has 0 heterocycles. The molecule has 0 radical (unpaired) electrons. The first-order chi connectivity index (χ1) is 7.81. The van der Waals surface area contributed by atoms with E-state index in [2.05, 4.69) is 10.6 Å². The van der Waals surface area contributed by atoms with Crippen molar-refractivity contribution in [1.82, 2.24) is 10.6 Å². The molecule has 0 aromatic heterocycles. The predicted octanol–water partition coefficient (Wildman–Crippen LogP) is 2.58. The zero-order valence-corrected chi connectivity index (χ0v) is 10.7. The molecule has 0 spiro atoms. The highest BCUT2D eigenvalue weighted by Crippen LogP contribution is 2.44. The molecule has 2 bridgehead atoms. The van der Waals surface area contributed by atoms with Gasteiger partial charge in [-0.25, -0.2) is 0 Å². The summed E-state index contributed by atoms with van der Waals surface area (Å²) in [4.78, 5) is 0. The second-order valence-electron chi connectivity index (χ2n) is 5.88. The molecule has 16 heavy (non-hydrogen) atoms. The van der Waals surface area contributed by atoms with E-state index in [9.17, 15) is 0 Å². The number of thiocarbonyl (C=S) groups is 1. The number of hydrogen-bond acceptors (Lipinski definition) is 1. The van der Waals surface area contributed by atoms with Gasteiger partial charge in [-0.1, -0.05) is 19.3 Å². The summed E-state index contributed by atoms with van der Waals surface area (Å²) in [6.45, 7) is 0. The Labute approximate surface area is 104 Å². The Bertz CT molecular complexity index is 273. The van der Waals surface area contributed by atoms with Gasteiger partial charge in [-0.15, -0.1) is 0 Å². The van der Waals surface area contributed by atoms with Crippen molar-refractivity contribution >= 4 is 17.3 Å². The molecule has 0 unspecified atom stereocenters. The van der Waals surface area contributed by atoms with Gasteiger partial charge in [0.25, 0.3) is 0 Å². The average Bonchev–Trinajstić information content (AvgIpc) is 2.92. The molecule has 90 valence electrons. The number of nitrogens with one attached hydrogen (secondary N) is 2. The second kappa shape index (κ2) is 4.52. The van der Waals surface area contributed by atoms with E-state index >= 15 is 0 Å². The van der Waals surface area contributed by atoms with E-state index in [0.29, 0.717) is 12.1 Å². The van der Waals surface area contributed by atoms with Gasteiger partial charge >= 0.3 is 0 Å². The topological polar surface area (TPSA) is 24.1 Å². The molecule has 3 rings (SSSR count). The quantitative estimate of drug-likeness (QED) is 0.723. The SMILES string of the molecule is S=C(NC1CCCC1)N[C@@H]1C[C@H]2CC[C@H]1C2. The standard InChI is InChI=1S/C13H22N2S/c16-13(14-11-3-1-2-4-11)15-12-8-9-5-6-10(12)7-9/h9-12H,1-8H2,(H2,14,15,16)/t9-,10-,12+/m0/s1. The maximum atomic E-state index is 5.42. The Morgan fingerprint density at radius 1 is 0.938 bits per heavy atom. The van der Waals surface area contributed by atoms with Crippen LogP contribution in [-0.2, 0) is 0 Å². The zero-order valence-electron chi connectivity index (χ0n) is 9.87. The summed E-state index contributed by atoms with van der Waals surface area (Å²) >= 11 is 5.42. The van der Waals surface area contributed by atoms with Crippen molar-refractivity contribution in [1.29, 1.82) is 0 Å². The molecule has 0 aromatic carbocycles. The number of hydrogen-bond donors (Lipinski definition) is 2. The van der Waals surface area contributed by atoms with Crippen LogP contribution in [0.25, 0.3) is 0 Å². The summed E-state index contributed by atoms with van der Waals surface area (Å²) in [5.74, 6) is 1.91. The highest BCUT2D eigenvalue weighted by molar-refractivity contribution is 7.80. The highest BCUT2D eigenvalue weighted by atomic mass is 32.1. The molecule has 0 amide bonds. The minimum absolute atomic E-state index is 0.651. The smallest absolute Gasteiger partial charge is 0.166 e. The van der Waals surface area contributed by atoms with E-state index in [1.165, 1.54) is 51.4 Å². The Kier molecular flexibility index (Phi) is 3.05. The third kappa shape index (κ3) is 2.20. The van der Waals surface area contributed by atoms with Crippen LogP contribution in [0.15, 0.2) is 0 Å². The van der Waals surface area contributed by atoms with Crippen LogP contribution in [0.5, 0.6) is 0 Å². The molecule has 0 aromatic rings. The average molecular weight is 238 g/mol. The van der Waals surface area contributed by atoms with Crippen molar-refractivity contribution in [3.63, 3.8) is 0 Å². The van der Waals surface area contributed by atoms with Gasteiger partial charge in [-0.3, -0.25) is 0 Å². The zero-order chi connectivity index (χ0) is 11.0. The first kappa shape index (κ1) is 10.8. The fourth-order valence-electron chi connectivity index (χ4n) is 3.89. The maximum absolute atomic E-state index is 5.42. The lowest BCUT2D eigenvalue weighted by atomic mass is 9.95. The van der Waals surface area contributed by atoms with E-state index in [-0.39, 0.29) is 0 Å². The van der Waals surface area contributed by atoms with E-state index in [4.69, 9.17) is 12.2 Å². The van der Waals surface area contributed by atoms with Crippen LogP contribution in [0.1, 0.15) is 51.4 Å². The van der Waals surface area contributed by atoms with Gasteiger partial charge in [0.1, 0.15) is 0 Å². The van der Waals surface area contributed by atoms with Crippen molar-refractivity contribution < 1.29 is 0 Å². The fourth-order valence-corrected chi connectivity index (χ4v) is 4.21. The summed E-state index contributed by atoms with van der Waals surface area (Å²) < 4.78 is 0. The van der Waals surface area contributed by atoms with Crippen LogP contribution in [-0.4, -0.2) is 17.2 Å². The molecular formula is C13H22N2S. The van der Waals surface area contributed by atoms with Gasteiger partial charge < -0.3 is 10.6 Å². The third-order valence-electron chi connectivity index (χ3n) is 4.74. The molecule has 0 saturated heterocycles. The van der Waals surface area contributed by atoms with Crippen LogP contribution in [0.2, 0.25) is 0 Å². The Morgan fingerprint density at radius 2 is 1.75 bits per heavy atom. The fraction of sp³-hybridized carbons (Fsp3) is 0.923. The third-order valence-corrected chi connectivity index (χ3v) is 4.98. The van der Waals surface area contributed by atoms with Crippen LogP contribution < -0.4 is 10.6 Å². The first-order valence-electron chi connectivity index (χ1n) is 6.88. The Hall–Kier alpha value is -0.310. The molecule has 3 heteroatoms. The van der Waals surface area contributed by atoms with Crippen molar-refractivity contribution in [2.75, 3.05) is 0 Å². The molecule has 3 aliphatic carbocycles. The minimum atomic E-state index is 0.651. The van der Waals surface area contributed by atoms with Crippen LogP contribution in [0.3, 0.4) is 0 Å². The van der Waals surface area contributed by atoms with Gasteiger partial charge in [-0.05, 0) is 56.2 Å². The van der Waals surface area contributed by atoms with Crippen molar-refractivity contribution in [3.05, 3.63) is 0 Å². The molecular weight excluding hydrogens is 216 g/mol. The maximum Gasteiger partial charge on any atom is 0.166 e. The number of rotatable bonds is 2. The molecule has 0 aliphatic heterocycles. The number of fused-ring (bicyclic) bond motifs is 2. The Balaban J connectivity index is 1.45. The molecule has 3 atom stereocenters. The largest absolute Gasteiger partial charge is 0.360 e. The lowest BCUT2D eigenvalue weighted by Gasteiger charge is -2.26. The van der Waals surface area contributed by atoms with Crippen LogP contribution >= 0.6 is 12.2 Å². The molecule has 3 fully saturated rings. The van der Waals surface area contributed by atoms with Gasteiger partial charge in [-0.2, -0.15) is 0 Å². The summed E-state index contributed by atoms with van der Waals surface area (Å²) in [5.41, 5.74) is 0. The Morgan fingerprint density at radius 3 is 2.38 bits per heavy atom. The minimum Gasteiger partial charge on any atom is -0.360 e. The summed E-state index contributed by atoms with van der Waals surface area (Å²) in [5, 5.41) is 7.96. The van der Waals surface area contributed by atoms with Gasteiger partial charge in [0.15, 0.2) is 5.11 Å². The van der Waals surface area contributed by atoms with E-state index in [1.807, 2.05) is 0 Å². The van der Waals surface area contributed by atoms with Gasteiger partial charge in [0, 0.05) is 12.1 Å². The van der Waals surface area contributed by atoms with E-state index in [1.54, 1.807) is 0 Å². The van der Waals surface area contributed by atoms with Gasteiger partial charge in [0.05, 0.1) is 0 Å². The highest BCUT2D eigenvalue weighted by Gasteiger charge is 2.39. The molecule has 2 N–H and O–H groups in total. The molecule has 2 nitrogen and oxygen atoms in total. The van der Waals surface area contributed by atoms with Crippen molar-refractivity contribution in [3.8, 4) is 0 Å². The summed E-state index contributed by atoms with van der Waals surface area (Å²) in [6.07, 6.45) is 11.0. The monoisotopic (exact) mass is 238 g/mol. The van der Waals surface area contributed by atoms with Crippen LogP contribution in [0.4, 0.5) is 0 Å². The lowest BCUT2D eigenvalue weighted by Crippen LogP contribution is -2.47. The van der Waals surface area contributed by atoms with E-state index < -0.39 is 0 Å². The van der Waals surface area contributed by atoms with E-state index in [0.717, 1.165) is 16.9 Å². The molecule has 3 aliphatic rings. The van der Waals surface area contributed by atoms with Crippen molar-refractivity contribution in [2.24, 2.45) is 11.8 Å². The normalized spacial score (nSPS) is 37.9. The summed E-state index contributed by atoms with van der Waals surface area (Å²) in [7, 11) is 0. The first-order valence-corrected chi connectivity index (χ1v) is 7.29. The molecule has 3 saturated carbocycles. The summed E-state index contributed by atoms with van der Waals surface area (Å²) in [6, 6.07) is 1.33. The van der Waals surface area contributed by atoms with Crippen LogP contribution in [0, 0.1) is 11.8 Å². The van der Waals surface area contributed by atoms with Crippen molar-refractivity contribution in [2.45, 2.75) is 63.5 Å². The predicted molar refractivity (Wildman–Crippen MR) is 70.4 cm³/mol. The second-order valence-corrected chi connectivity index (χ2v) is 6.29. The van der Waals surface area contributed by atoms with Gasteiger partial charge in [0.2, 0.25) is 0 Å². The lowest BCUT2D eigenvalue weighted by molar-refractivity contribution is 0.387.